The third-order valence-corrected chi connectivity index (χ3v) is 2.98. The van der Waals surface area contributed by atoms with E-state index in [1.165, 1.54) is 12.1 Å². The molecule has 1 aromatic rings. The largest absolute Gasteiger partial charge is 0.393 e. The highest BCUT2D eigenvalue weighted by molar-refractivity contribution is 7.80. The fourth-order valence-electron chi connectivity index (χ4n) is 1.62. The standard InChI is InChI=1S/C13H17FN2OS/c1-2-11(12(15)18)13(17)16-8-7-9-3-5-10(14)6-4-9/h3-6,11H,2,7-8H2,1H3,(H2,15,18)(H,16,17). The first-order valence-corrected chi connectivity index (χ1v) is 6.27. The molecular formula is C13H17FN2OS. The van der Waals surface area contributed by atoms with Crippen molar-refractivity contribution in [1.29, 1.82) is 0 Å². The summed E-state index contributed by atoms with van der Waals surface area (Å²) < 4.78 is 12.7. The molecule has 1 amide bonds. The van der Waals surface area contributed by atoms with Crippen LogP contribution in [0.5, 0.6) is 0 Å². The van der Waals surface area contributed by atoms with Crippen LogP contribution in [-0.2, 0) is 11.2 Å². The summed E-state index contributed by atoms with van der Waals surface area (Å²) in [5, 5.41) is 2.78. The van der Waals surface area contributed by atoms with E-state index in [9.17, 15) is 9.18 Å². The Bertz CT molecular complexity index is 420. The van der Waals surface area contributed by atoms with Crippen molar-refractivity contribution in [2.45, 2.75) is 19.8 Å². The number of halogens is 1. The minimum Gasteiger partial charge on any atom is -0.393 e. The van der Waals surface area contributed by atoms with E-state index >= 15 is 0 Å². The first-order valence-electron chi connectivity index (χ1n) is 5.86. The first-order chi connectivity index (χ1) is 8.54. The van der Waals surface area contributed by atoms with Crippen molar-refractivity contribution in [3.8, 4) is 0 Å². The van der Waals surface area contributed by atoms with Crippen molar-refractivity contribution >= 4 is 23.1 Å². The molecule has 0 spiro atoms. The normalized spacial score (nSPS) is 11.9. The fraction of sp³-hybridized carbons (Fsp3) is 0.385. The number of amides is 1. The molecule has 0 saturated heterocycles. The molecule has 0 aliphatic carbocycles. The number of carbonyl (C=O) groups is 1. The molecule has 1 unspecified atom stereocenters. The number of benzene rings is 1. The van der Waals surface area contributed by atoms with Gasteiger partial charge in [0.2, 0.25) is 5.91 Å². The molecular weight excluding hydrogens is 251 g/mol. The number of hydrogen-bond donors (Lipinski definition) is 2. The van der Waals surface area contributed by atoms with Crippen LogP contribution >= 0.6 is 12.2 Å². The zero-order valence-corrected chi connectivity index (χ0v) is 11.1. The van der Waals surface area contributed by atoms with Crippen LogP contribution in [0.2, 0.25) is 0 Å². The summed E-state index contributed by atoms with van der Waals surface area (Å²) in [7, 11) is 0. The summed E-state index contributed by atoms with van der Waals surface area (Å²) in [6.07, 6.45) is 1.25. The Morgan fingerprint density at radius 1 is 1.44 bits per heavy atom. The van der Waals surface area contributed by atoms with Crippen LogP contribution in [0.15, 0.2) is 24.3 Å². The van der Waals surface area contributed by atoms with Gasteiger partial charge in [0.1, 0.15) is 5.82 Å². The van der Waals surface area contributed by atoms with Crippen molar-refractivity contribution < 1.29 is 9.18 Å². The van der Waals surface area contributed by atoms with Gasteiger partial charge in [-0.3, -0.25) is 4.79 Å². The molecule has 0 bridgehead atoms. The highest BCUT2D eigenvalue weighted by Gasteiger charge is 2.18. The molecule has 1 aromatic carbocycles. The molecule has 0 aliphatic rings. The van der Waals surface area contributed by atoms with E-state index < -0.39 is 5.92 Å². The minimum atomic E-state index is -0.409. The lowest BCUT2D eigenvalue weighted by Gasteiger charge is -2.13. The Hall–Kier alpha value is -1.49. The lowest BCUT2D eigenvalue weighted by molar-refractivity contribution is -0.123. The highest BCUT2D eigenvalue weighted by Crippen LogP contribution is 2.05. The Kier molecular flexibility index (Phi) is 5.71. The van der Waals surface area contributed by atoms with E-state index in [-0.39, 0.29) is 16.7 Å². The second kappa shape index (κ2) is 7.06. The number of hydrogen-bond acceptors (Lipinski definition) is 2. The lowest BCUT2D eigenvalue weighted by atomic mass is 10.1. The third kappa shape index (κ3) is 4.41. The average molecular weight is 268 g/mol. The molecule has 5 heteroatoms. The quantitative estimate of drug-likeness (QED) is 0.774. The number of thiocarbonyl (C=S) groups is 1. The number of carbonyl (C=O) groups excluding carboxylic acids is 1. The van der Waals surface area contributed by atoms with Gasteiger partial charge in [-0.25, -0.2) is 4.39 Å². The molecule has 3 N–H and O–H groups in total. The van der Waals surface area contributed by atoms with Gasteiger partial charge >= 0.3 is 0 Å². The fourth-order valence-corrected chi connectivity index (χ4v) is 1.89. The van der Waals surface area contributed by atoms with Gasteiger partial charge < -0.3 is 11.1 Å². The van der Waals surface area contributed by atoms with Crippen LogP contribution < -0.4 is 11.1 Å². The maximum absolute atomic E-state index is 12.7. The highest BCUT2D eigenvalue weighted by atomic mass is 32.1. The van der Waals surface area contributed by atoms with Crippen LogP contribution in [0, 0.1) is 11.7 Å². The zero-order valence-electron chi connectivity index (χ0n) is 10.3. The van der Waals surface area contributed by atoms with Crippen LogP contribution in [0.1, 0.15) is 18.9 Å². The Labute approximate surface area is 112 Å². The van der Waals surface area contributed by atoms with E-state index in [0.29, 0.717) is 19.4 Å². The number of nitrogens with one attached hydrogen (secondary N) is 1. The van der Waals surface area contributed by atoms with Crippen LogP contribution in [-0.4, -0.2) is 17.4 Å². The van der Waals surface area contributed by atoms with Gasteiger partial charge in [-0.15, -0.1) is 0 Å². The van der Waals surface area contributed by atoms with E-state index in [0.717, 1.165) is 5.56 Å². The Morgan fingerprint density at radius 2 is 2.06 bits per heavy atom. The van der Waals surface area contributed by atoms with Gasteiger partial charge in [0.05, 0.1) is 10.9 Å². The van der Waals surface area contributed by atoms with Gasteiger partial charge in [-0.2, -0.15) is 0 Å². The lowest BCUT2D eigenvalue weighted by Crippen LogP contribution is -2.38. The van der Waals surface area contributed by atoms with Crippen molar-refractivity contribution in [2.24, 2.45) is 11.7 Å². The molecule has 1 atom stereocenters. The monoisotopic (exact) mass is 268 g/mol. The summed E-state index contributed by atoms with van der Waals surface area (Å²) in [4.78, 5) is 11.9. The number of nitrogens with two attached hydrogens (primary N) is 1. The predicted octanol–water partition coefficient (Wildman–Crippen LogP) is 1.80. The van der Waals surface area contributed by atoms with Gasteiger partial charge in [0, 0.05) is 6.54 Å². The molecule has 0 aromatic heterocycles. The van der Waals surface area contributed by atoms with E-state index in [1.807, 2.05) is 6.92 Å². The topological polar surface area (TPSA) is 55.1 Å². The molecule has 0 radical (unpaired) electrons. The summed E-state index contributed by atoms with van der Waals surface area (Å²) in [5.41, 5.74) is 6.45. The SMILES string of the molecule is CCC(C(=O)NCCc1ccc(F)cc1)C(N)=S. The molecule has 0 saturated carbocycles. The molecule has 3 nitrogen and oxygen atoms in total. The van der Waals surface area contributed by atoms with Crippen molar-refractivity contribution in [2.75, 3.05) is 6.54 Å². The second-order valence-electron chi connectivity index (χ2n) is 4.03. The Morgan fingerprint density at radius 3 is 2.56 bits per heavy atom. The molecule has 98 valence electrons. The van der Waals surface area contributed by atoms with Crippen LogP contribution in [0.3, 0.4) is 0 Å². The van der Waals surface area contributed by atoms with Gasteiger partial charge in [0.15, 0.2) is 0 Å². The smallest absolute Gasteiger partial charge is 0.229 e. The van der Waals surface area contributed by atoms with Crippen molar-refractivity contribution in [3.63, 3.8) is 0 Å². The maximum atomic E-state index is 12.7. The summed E-state index contributed by atoms with van der Waals surface area (Å²) in [6.45, 7) is 2.35. The maximum Gasteiger partial charge on any atom is 0.229 e. The van der Waals surface area contributed by atoms with E-state index in [2.05, 4.69) is 5.32 Å². The molecule has 0 aliphatic heterocycles. The van der Waals surface area contributed by atoms with Crippen molar-refractivity contribution in [1.82, 2.24) is 5.32 Å². The van der Waals surface area contributed by atoms with E-state index in [1.54, 1.807) is 12.1 Å². The van der Waals surface area contributed by atoms with E-state index in [4.69, 9.17) is 18.0 Å². The predicted molar refractivity (Wildman–Crippen MR) is 73.7 cm³/mol. The van der Waals surface area contributed by atoms with Gasteiger partial charge in [0.25, 0.3) is 0 Å². The second-order valence-corrected chi connectivity index (χ2v) is 4.50. The molecule has 0 heterocycles. The summed E-state index contributed by atoms with van der Waals surface area (Å²) in [6, 6.07) is 6.21. The first kappa shape index (κ1) is 14.6. The Balaban J connectivity index is 2.39. The average Bonchev–Trinajstić information content (AvgIpc) is 2.32. The minimum absolute atomic E-state index is 0.146. The zero-order chi connectivity index (χ0) is 13.5. The summed E-state index contributed by atoms with van der Waals surface area (Å²) >= 11 is 4.83. The molecule has 1 rings (SSSR count). The van der Waals surface area contributed by atoms with Gasteiger partial charge in [-0.05, 0) is 30.5 Å². The van der Waals surface area contributed by atoms with Crippen LogP contribution in [0.4, 0.5) is 4.39 Å². The summed E-state index contributed by atoms with van der Waals surface area (Å²) in [5.74, 6) is -0.817. The molecule has 0 fully saturated rings. The van der Waals surface area contributed by atoms with Crippen LogP contribution in [0.25, 0.3) is 0 Å². The number of rotatable bonds is 6. The van der Waals surface area contributed by atoms with Gasteiger partial charge in [-0.1, -0.05) is 31.3 Å². The van der Waals surface area contributed by atoms with Crippen molar-refractivity contribution in [3.05, 3.63) is 35.6 Å². The molecule has 18 heavy (non-hydrogen) atoms. The third-order valence-electron chi connectivity index (χ3n) is 2.69.